The molecule has 2 aliphatic carbocycles. The van der Waals surface area contributed by atoms with Crippen molar-refractivity contribution in [3.05, 3.63) is 355 Å². The minimum Gasteiger partial charge on any atom is -0.481 e. The molecule has 0 spiro atoms. The first-order valence-corrected chi connectivity index (χ1v) is 44.7. The van der Waals surface area contributed by atoms with E-state index in [9.17, 15) is 123 Å². The molecular weight excluding hydrogens is 2020 g/mol. The number of aromatic nitrogens is 10. The predicted molar refractivity (Wildman–Crippen MR) is 521 cm³/mol. The Morgan fingerprint density at radius 2 is 0.773 bits per heavy atom. The van der Waals surface area contributed by atoms with Gasteiger partial charge < -0.3 is 90.8 Å². The van der Waals surface area contributed by atoms with E-state index in [1.807, 2.05) is 109 Å². The third-order valence-corrected chi connectivity index (χ3v) is 19.8. The van der Waals surface area contributed by atoms with Crippen LogP contribution >= 0.6 is 11.6 Å². The number of carboxylic acid groups (broad SMARTS) is 4. The Balaban J connectivity index is 0.000000443. The number of carboxylic acids is 4. The van der Waals surface area contributed by atoms with Gasteiger partial charge in [0.05, 0.1) is 69.7 Å². The summed E-state index contributed by atoms with van der Waals surface area (Å²) in [5.74, 6) is -13.8. The fraction of sp³-hybridized carbons (Fsp3) is 0.302. The fourth-order valence-corrected chi connectivity index (χ4v) is 12.6. The van der Waals surface area contributed by atoms with Crippen LogP contribution in [0.3, 0.4) is 0 Å². The molecule has 0 unspecified atom stereocenters. The summed E-state index contributed by atoms with van der Waals surface area (Å²) in [7, 11) is 7.59. The highest BCUT2D eigenvalue weighted by Crippen LogP contribution is 2.46. The number of carbonyl (C=O) groups excluding carboxylic acids is 7. The third kappa shape index (κ3) is 45.0. The molecule has 6 aromatic carbocycles. The highest BCUT2D eigenvalue weighted by Gasteiger charge is 2.32. The minimum atomic E-state index is -1.30. The van der Waals surface area contributed by atoms with Crippen LogP contribution in [0, 0.1) is 35.0 Å². The summed E-state index contributed by atoms with van der Waals surface area (Å²) in [6, 6.07) is 51.4. The van der Waals surface area contributed by atoms with Gasteiger partial charge in [0.1, 0.15) is 52.3 Å². The number of alkyl carbamates (subject to hydrolysis) is 1. The molecule has 48 nitrogen and oxygen atoms in total. The maximum Gasteiger partial charge on any atom is 0.406 e. The number of carbonyl (C=O) groups is 11. The second-order valence-electron chi connectivity index (χ2n) is 29.8. The van der Waals surface area contributed by atoms with Crippen LogP contribution in [-0.2, 0) is 123 Å². The number of aliphatic carboxylic acids is 4. The molecule has 0 saturated carbocycles. The fourth-order valence-electron chi connectivity index (χ4n) is 12.6. The predicted octanol–water partition coefficient (Wildman–Crippen LogP) is 3.48. The van der Waals surface area contributed by atoms with Gasteiger partial charge in [0.2, 0.25) is 35.0 Å². The van der Waals surface area contributed by atoms with Crippen LogP contribution in [0.5, 0.6) is 0 Å². The quantitative estimate of drug-likeness (QED) is 0.00902. The third-order valence-electron chi connectivity index (χ3n) is 19.6. The van der Waals surface area contributed by atoms with E-state index in [4.69, 9.17) is 71.0 Å². The van der Waals surface area contributed by atoms with Gasteiger partial charge in [-0.15, -0.1) is 11.6 Å². The number of fused-ring (bicyclic) bond motifs is 6. The highest BCUT2D eigenvalue weighted by atomic mass is 35.5. The number of H-pyrrole nitrogens is 5. The molecule has 0 saturated heterocycles. The topological polar surface area (TPSA) is 721 Å². The molecule has 17 N–H and O–H groups in total. The van der Waals surface area contributed by atoms with Gasteiger partial charge in [0.15, 0.2) is 13.5 Å². The smallest absolute Gasteiger partial charge is 0.406 e. The van der Waals surface area contributed by atoms with Crippen LogP contribution < -0.4 is 77.9 Å². The number of ether oxygens (including phenoxy) is 6. The lowest BCUT2D eigenvalue weighted by Gasteiger charge is -2.17. The van der Waals surface area contributed by atoms with Crippen LogP contribution in [0.2, 0.25) is 0 Å². The van der Waals surface area contributed by atoms with Crippen LogP contribution in [0.15, 0.2) is 237 Å². The van der Waals surface area contributed by atoms with Crippen LogP contribution in [-0.4, -0.2) is 210 Å². The molecule has 0 bridgehead atoms. The van der Waals surface area contributed by atoms with Crippen molar-refractivity contribution in [3.8, 4) is 22.3 Å². The lowest BCUT2D eigenvalue weighted by Crippen LogP contribution is -2.41. The molecule has 150 heavy (non-hydrogen) atoms. The molecular formula is C96H108ClF5N14O34. The summed E-state index contributed by atoms with van der Waals surface area (Å²) >= 11 is 4.74. The second-order valence-corrected chi connectivity index (χ2v) is 30.1. The molecule has 0 fully saturated rings. The van der Waals surface area contributed by atoms with E-state index < -0.39 is 173 Å². The molecule has 2 aliphatic rings. The number of unbranched alkanes of at least 4 members (excludes halogenated alkanes) is 1. The molecule has 1 atom stereocenters. The van der Waals surface area contributed by atoms with E-state index in [0.717, 1.165) is 37.6 Å². The molecule has 54 heteroatoms. The first-order chi connectivity index (χ1) is 71.6. The summed E-state index contributed by atoms with van der Waals surface area (Å²) < 4.78 is 95.8. The summed E-state index contributed by atoms with van der Waals surface area (Å²) in [6.45, 7) is -1.68. The van der Waals surface area contributed by atoms with Gasteiger partial charge in [-0.05, 0) is 89.1 Å². The average molecular weight is 2130 g/mol. The largest absolute Gasteiger partial charge is 0.481 e. The van der Waals surface area contributed by atoms with Crippen molar-refractivity contribution in [3.63, 3.8) is 0 Å². The number of halogens is 6. The Kier molecular flexibility index (Phi) is 58.0. The summed E-state index contributed by atoms with van der Waals surface area (Å²) in [5.41, 5.74) is 5.76. The number of nitrogens with two attached hydrogens (primary N) is 1. The summed E-state index contributed by atoms with van der Waals surface area (Å²) in [4.78, 5) is 237. The first kappa shape index (κ1) is 127. The molecule has 5 heterocycles. The zero-order valence-electron chi connectivity index (χ0n) is 80.7. The molecule has 11 aromatic rings. The lowest BCUT2D eigenvalue weighted by atomic mass is 9.96. The number of aliphatic hydroxyl groups is 3. The number of aromatic amines is 5. The first-order valence-electron chi connectivity index (χ1n) is 44.1. The number of nitrogens with zero attached hydrogens (tertiary/aromatic N) is 5. The van der Waals surface area contributed by atoms with Gasteiger partial charge in [-0.1, -0.05) is 164 Å². The SMILES string of the molecule is CN.CNC(=O)OCC1c2ccccc2-c2ccccc21.CNCCCC[C@H](CC(=O)OCC1c2ccccc2-c2ccccc21)C(=O)NC.CO.O=C(CCC(=O)OCn1cc(F)c(=O)[nH]c1=O)OCc1ccccc1.O=C(O)CCC(=O)OCc1ccccc1.O=C(O)CCC(=O)OCn1cc(F)c(=O)[nH]c1=O.O=C(O)CCl.O=C(O)Cn1cc(F)c(=O)[nH]c1=O.O=c1[nH]cc(F)c(=O)[nH]1.O=c1c(F)cn(CO)c(=O)n1CO. The van der Waals surface area contributed by atoms with Crippen molar-refractivity contribution in [2.45, 2.75) is 123 Å². The van der Waals surface area contributed by atoms with E-state index in [1.165, 1.54) is 51.6 Å². The Hall–Kier alpha value is -17.6. The maximum absolute atomic E-state index is 13.1. The Morgan fingerprint density at radius 1 is 0.413 bits per heavy atom. The van der Waals surface area contributed by atoms with Crippen molar-refractivity contribution in [1.82, 2.24) is 63.7 Å². The zero-order chi connectivity index (χ0) is 112. The minimum absolute atomic E-state index is 0.0421. The number of nitrogens with one attached hydrogen (secondary N) is 8. The molecule has 808 valence electrons. The summed E-state index contributed by atoms with van der Waals surface area (Å²) in [5, 5.41) is 64.9. The Morgan fingerprint density at radius 3 is 1.13 bits per heavy atom. The number of benzene rings is 6. The van der Waals surface area contributed by atoms with Crippen LogP contribution in [0.4, 0.5) is 26.7 Å². The number of hydrogen-bond acceptors (Lipinski definition) is 32. The van der Waals surface area contributed by atoms with Gasteiger partial charge in [0.25, 0.3) is 27.8 Å². The van der Waals surface area contributed by atoms with E-state index in [0.29, 0.717) is 68.9 Å². The van der Waals surface area contributed by atoms with Gasteiger partial charge in [-0.2, -0.15) is 22.0 Å². The van der Waals surface area contributed by atoms with Gasteiger partial charge >= 0.3 is 88.3 Å². The number of amides is 2. The summed E-state index contributed by atoms with van der Waals surface area (Å²) in [6.07, 6.45) is 3.86. The molecule has 0 aliphatic heterocycles. The van der Waals surface area contributed by atoms with Gasteiger partial charge in [0, 0.05) is 45.2 Å². The lowest BCUT2D eigenvalue weighted by molar-refractivity contribution is -0.153. The molecule has 13 rings (SSSR count). The van der Waals surface area contributed by atoms with E-state index in [2.05, 4.69) is 75.0 Å². The van der Waals surface area contributed by atoms with E-state index in [-0.39, 0.29) is 97.9 Å². The van der Waals surface area contributed by atoms with Crippen LogP contribution in [0.1, 0.15) is 109 Å². The van der Waals surface area contributed by atoms with E-state index in [1.54, 1.807) is 46.2 Å². The second kappa shape index (κ2) is 68.7. The monoisotopic (exact) mass is 2130 g/mol. The number of rotatable bonds is 34. The van der Waals surface area contributed by atoms with Crippen LogP contribution in [0.25, 0.3) is 22.3 Å². The Labute approximate surface area is 849 Å². The molecule has 2 amide bonds. The van der Waals surface area contributed by atoms with Crippen molar-refractivity contribution < 1.29 is 139 Å². The molecule has 5 aromatic heterocycles. The Bertz CT molecular complexity index is 6860. The number of aliphatic hydroxyl groups excluding tert-OH is 3. The maximum atomic E-state index is 13.1. The van der Waals surface area contributed by atoms with E-state index >= 15 is 0 Å². The van der Waals surface area contributed by atoms with Gasteiger partial charge in [-0.25, -0.2) is 33.3 Å². The highest BCUT2D eigenvalue weighted by molar-refractivity contribution is 6.26. The standard InChI is InChI=1S/C24H30N2O3.C16H15FN2O6.C16H15NO2.C11H12O4.C9H9FN2O6.C6H7FN2O4.C6H5FN2O4.C4H3FN2O2.C2H3ClO2.CH5N.CH4O/c1-25-14-8-7-9-17(24(28)26-2)15-23(27)29-16-22-20-12-5-3-10-18(20)19-11-4-6-13-21(19)22;17-12-8-19(16(23)18-15(12)22)10-25-14(21)7-6-13(20)24-9-11-4-2-1-3-5-11;1-17-16(18)19-10-15-13-8-4-2-6-11(13)12-7-3-5-9-14(12)15;12-10(13)6-7-11(14)15-8-9-4-2-1-3-5-9;10-5-3-12(9(17)11-8(5)16)4-18-7(15)2-1-6(13)14;7-4-1-8(2-10)6(13)9(3-11)5(4)12;7-3-1-9(2-4(10)11)6(13)8-5(3)12;5-2-1-6-4(9)7-3(2)8;3-1-2(4)5;2*1-2/h3-6,10-13,17,22,25H,7-9,14-16H2,1-2H3,(H,26,28);1-5,8H,6-7,9-10H2,(H,18,22,23);2-9,15H,10H2,1H3,(H,17,18);1-5H,6-8H2,(H,12,13);3H,1-2,4H2,(H,13,14)(H,11,16,17);1,10-11H,2-3H2;1H,2H2,(H,10,11)(H,8,12,13);1H,(H2,6,7,8,9);1H2,(H,4,5);2H2,1H3;2H,1H3/t17-;;;;;;;;;;/m1........../s1. The van der Waals surface area contributed by atoms with Crippen molar-refractivity contribution in [1.29, 1.82) is 0 Å². The van der Waals surface area contributed by atoms with Crippen molar-refractivity contribution >= 4 is 77.3 Å². The van der Waals surface area contributed by atoms with Crippen molar-refractivity contribution in [2.24, 2.45) is 11.7 Å². The molecule has 0 radical (unpaired) electrons. The van der Waals surface area contributed by atoms with Gasteiger partial charge in [-0.3, -0.25) is 110 Å². The zero-order valence-corrected chi connectivity index (χ0v) is 81.5. The average Bonchev–Trinajstić information content (AvgIpc) is 1.62. The van der Waals surface area contributed by atoms with Crippen molar-refractivity contribution in [2.75, 3.05) is 60.9 Å². The number of hydrogen-bond donors (Lipinski definition) is 16. The number of esters is 5. The number of alkyl halides is 1. The normalized spacial score (nSPS) is 10.7.